The Hall–Kier alpha value is -3.98. The van der Waals surface area contributed by atoms with Gasteiger partial charge in [-0.25, -0.2) is 4.98 Å². The number of para-hydroxylation sites is 2. The molecule has 194 valence electrons. The third-order valence-electron chi connectivity index (χ3n) is 8.02. The number of aromatic nitrogens is 3. The molecule has 0 radical (unpaired) electrons. The van der Waals surface area contributed by atoms with Gasteiger partial charge < -0.3 is 14.5 Å². The first-order chi connectivity index (χ1) is 18.4. The van der Waals surface area contributed by atoms with Crippen molar-refractivity contribution in [2.45, 2.75) is 38.1 Å². The highest BCUT2D eigenvalue weighted by Gasteiger charge is 2.42. The first-order valence-corrected chi connectivity index (χ1v) is 13.7. The molecule has 2 amide bonds. The molecule has 38 heavy (non-hydrogen) atoms. The van der Waals surface area contributed by atoms with Crippen molar-refractivity contribution < 1.29 is 9.59 Å². The highest BCUT2D eigenvalue weighted by molar-refractivity contribution is 7.17. The number of imidazole rings is 1. The molecule has 9 heteroatoms. The number of carbonyl (C=O) groups is 2. The Morgan fingerprint density at radius 1 is 1.13 bits per heavy atom. The topological polar surface area (TPSA) is 100 Å². The van der Waals surface area contributed by atoms with E-state index >= 15 is 0 Å². The van der Waals surface area contributed by atoms with Crippen molar-refractivity contribution in [3.05, 3.63) is 82.6 Å². The average molecular weight is 528 g/mol. The van der Waals surface area contributed by atoms with Gasteiger partial charge in [-0.1, -0.05) is 18.7 Å². The Bertz CT molecular complexity index is 1590. The zero-order valence-corrected chi connectivity index (χ0v) is 21.8. The van der Waals surface area contributed by atoms with Gasteiger partial charge in [0.25, 0.3) is 5.91 Å². The fourth-order valence-corrected chi connectivity index (χ4v) is 6.91. The second-order valence-electron chi connectivity index (χ2n) is 10.3. The number of nitrogens with zero attached hydrogens (tertiary/aromatic N) is 3. The standard InChI is InChI=1S/C29H29N5O3S/c1-2-26(36)33-16-14-29(18-33)12-9-20(10-13-29)34-22-6-4-3-5-21(22)31-28(34)32-27(37)24-8-7-23(38-24)19-11-15-30-25(35)17-19/h2-8,11,15,17,20H,1,9-10,12-14,16,18H2,(H,30,35)(H,31,32,37). The van der Waals surface area contributed by atoms with E-state index in [4.69, 9.17) is 4.98 Å². The van der Waals surface area contributed by atoms with Gasteiger partial charge in [-0.15, -0.1) is 11.3 Å². The van der Waals surface area contributed by atoms with Crippen LogP contribution in [0.5, 0.6) is 0 Å². The van der Waals surface area contributed by atoms with E-state index in [9.17, 15) is 14.4 Å². The number of amides is 2. The van der Waals surface area contributed by atoms with Gasteiger partial charge in [-0.2, -0.15) is 0 Å². The molecule has 8 nitrogen and oxygen atoms in total. The van der Waals surface area contributed by atoms with Crippen LogP contribution in [-0.2, 0) is 4.79 Å². The molecule has 4 heterocycles. The van der Waals surface area contributed by atoms with Gasteiger partial charge >= 0.3 is 0 Å². The number of anilines is 1. The minimum Gasteiger partial charge on any atom is -0.339 e. The molecule has 0 atom stereocenters. The van der Waals surface area contributed by atoms with Crippen molar-refractivity contribution in [3.8, 4) is 10.4 Å². The van der Waals surface area contributed by atoms with E-state index in [0.29, 0.717) is 10.8 Å². The fraction of sp³-hybridized carbons (Fsp3) is 0.310. The van der Waals surface area contributed by atoms with Gasteiger partial charge in [0, 0.05) is 36.3 Å². The van der Waals surface area contributed by atoms with E-state index in [2.05, 4.69) is 27.5 Å². The normalized spacial score (nSPS) is 21.2. The van der Waals surface area contributed by atoms with Crippen LogP contribution < -0.4 is 10.9 Å². The molecule has 6 rings (SSSR count). The second kappa shape index (κ2) is 9.72. The minimum absolute atomic E-state index is 0.0189. The number of H-pyrrole nitrogens is 1. The van der Waals surface area contributed by atoms with Crippen molar-refractivity contribution in [3.63, 3.8) is 0 Å². The maximum absolute atomic E-state index is 13.3. The van der Waals surface area contributed by atoms with Crippen molar-refractivity contribution >= 4 is 40.1 Å². The van der Waals surface area contributed by atoms with Gasteiger partial charge in [0.2, 0.25) is 17.4 Å². The van der Waals surface area contributed by atoms with Crippen molar-refractivity contribution in [2.75, 3.05) is 18.4 Å². The number of hydrogen-bond acceptors (Lipinski definition) is 5. The Labute approximate surface area is 224 Å². The predicted molar refractivity (Wildman–Crippen MR) is 149 cm³/mol. The van der Waals surface area contributed by atoms with E-state index in [-0.39, 0.29) is 28.8 Å². The molecule has 3 aromatic heterocycles. The third-order valence-corrected chi connectivity index (χ3v) is 9.15. The SMILES string of the molecule is C=CC(=O)N1CCC2(CCC(n3c(NC(=O)c4ccc(-c5cc[nH]c(=O)c5)s4)nc4ccccc43)CC2)C1. The second-order valence-corrected chi connectivity index (χ2v) is 11.4. The Kier molecular flexibility index (Phi) is 6.23. The van der Waals surface area contributed by atoms with Gasteiger partial charge in [-0.05, 0) is 79.5 Å². The van der Waals surface area contributed by atoms with E-state index in [0.717, 1.165) is 66.7 Å². The molecule has 1 aliphatic carbocycles. The van der Waals surface area contributed by atoms with E-state index in [1.807, 2.05) is 35.2 Å². The number of benzene rings is 1. The van der Waals surface area contributed by atoms with Gasteiger partial charge in [0.05, 0.1) is 15.9 Å². The summed E-state index contributed by atoms with van der Waals surface area (Å²) < 4.78 is 2.19. The molecule has 0 bridgehead atoms. The Balaban J connectivity index is 1.23. The molecule has 1 saturated carbocycles. The summed E-state index contributed by atoms with van der Waals surface area (Å²) in [7, 11) is 0. The van der Waals surface area contributed by atoms with E-state index in [1.165, 1.54) is 23.5 Å². The summed E-state index contributed by atoms with van der Waals surface area (Å²) in [6, 6.07) is 15.2. The van der Waals surface area contributed by atoms with Crippen LogP contribution in [0.25, 0.3) is 21.5 Å². The summed E-state index contributed by atoms with van der Waals surface area (Å²) in [5.41, 5.74) is 2.63. The van der Waals surface area contributed by atoms with Gasteiger partial charge in [-0.3, -0.25) is 19.7 Å². The van der Waals surface area contributed by atoms with E-state index < -0.39 is 0 Å². The number of likely N-dealkylation sites (tertiary alicyclic amines) is 1. The van der Waals surface area contributed by atoms with Crippen LogP contribution in [-0.4, -0.2) is 44.3 Å². The molecule has 1 aromatic carbocycles. The van der Waals surface area contributed by atoms with Gasteiger partial charge in [0.15, 0.2) is 0 Å². The Morgan fingerprint density at radius 3 is 2.74 bits per heavy atom. The van der Waals surface area contributed by atoms with Gasteiger partial charge in [0.1, 0.15) is 0 Å². The summed E-state index contributed by atoms with van der Waals surface area (Å²) in [6.45, 7) is 5.23. The molecular formula is C29H29N5O3S. The number of hydrogen-bond donors (Lipinski definition) is 2. The molecular weight excluding hydrogens is 498 g/mol. The van der Waals surface area contributed by atoms with Crippen molar-refractivity contribution in [2.24, 2.45) is 5.41 Å². The molecule has 2 fully saturated rings. The number of fused-ring (bicyclic) bond motifs is 1. The lowest BCUT2D eigenvalue weighted by molar-refractivity contribution is -0.125. The quantitative estimate of drug-likeness (QED) is 0.347. The smallest absolute Gasteiger partial charge is 0.268 e. The van der Waals surface area contributed by atoms with Crippen LogP contribution in [0.4, 0.5) is 5.95 Å². The van der Waals surface area contributed by atoms with E-state index in [1.54, 1.807) is 12.3 Å². The molecule has 2 N–H and O–H groups in total. The summed E-state index contributed by atoms with van der Waals surface area (Å²) in [4.78, 5) is 47.9. The zero-order valence-electron chi connectivity index (χ0n) is 21.0. The first-order valence-electron chi connectivity index (χ1n) is 12.9. The van der Waals surface area contributed by atoms with Crippen molar-refractivity contribution in [1.82, 2.24) is 19.4 Å². The third kappa shape index (κ3) is 4.47. The maximum Gasteiger partial charge on any atom is 0.268 e. The highest BCUT2D eigenvalue weighted by atomic mass is 32.1. The van der Waals surface area contributed by atoms with Crippen LogP contribution in [0, 0.1) is 5.41 Å². The number of thiophene rings is 1. The number of aromatic amines is 1. The lowest BCUT2D eigenvalue weighted by Crippen LogP contribution is -2.34. The molecule has 1 saturated heterocycles. The molecule has 0 unspecified atom stereocenters. The molecule has 1 aliphatic heterocycles. The minimum atomic E-state index is -0.218. The predicted octanol–water partition coefficient (Wildman–Crippen LogP) is 5.23. The lowest BCUT2D eigenvalue weighted by Gasteiger charge is -2.38. The number of pyridine rings is 1. The van der Waals surface area contributed by atoms with Crippen LogP contribution in [0.1, 0.15) is 47.8 Å². The van der Waals surface area contributed by atoms with Crippen LogP contribution in [0.15, 0.2) is 72.2 Å². The summed E-state index contributed by atoms with van der Waals surface area (Å²) in [5, 5.41) is 3.07. The zero-order chi connectivity index (χ0) is 26.3. The van der Waals surface area contributed by atoms with Crippen molar-refractivity contribution in [1.29, 1.82) is 0 Å². The Morgan fingerprint density at radius 2 is 1.95 bits per heavy atom. The summed E-state index contributed by atoms with van der Waals surface area (Å²) >= 11 is 1.35. The number of rotatable bonds is 5. The molecule has 1 spiro atoms. The fourth-order valence-electron chi connectivity index (χ4n) is 6.01. The molecule has 4 aromatic rings. The lowest BCUT2D eigenvalue weighted by atomic mass is 9.72. The molecule has 2 aliphatic rings. The highest BCUT2D eigenvalue weighted by Crippen LogP contribution is 2.48. The number of nitrogens with one attached hydrogen (secondary N) is 2. The average Bonchev–Trinajstić information content (AvgIpc) is 3.67. The van der Waals surface area contributed by atoms with Crippen LogP contribution >= 0.6 is 11.3 Å². The maximum atomic E-state index is 13.3. The number of carbonyl (C=O) groups excluding carboxylic acids is 2. The first kappa shape index (κ1) is 24.4. The monoisotopic (exact) mass is 527 g/mol. The summed E-state index contributed by atoms with van der Waals surface area (Å²) in [6.07, 6.45) is 8.03. The summed E-state index contributed by atoms with van der Waals surface area (Å²) in [5.74, 6) is 0.354. The largest absolute Gasteiger partial charge is 0.339 e. The van der Waals surface area contributed by atoms with Crippen LogP contribution in [0.2, 0.25) is 0 Å². The van der Waals surface area contributed by atoms with Crippen LogP contribution in [0.3, 0.4) is 0 Å².